The number of amides is 2. The van der Waals surface area contributed by atoms with Crippen molar-refractivity contribution in [1.29, 1.82) is 0 Å². The van der Waals surface area contributed by atoms with Crippen molar-refractivity contribution in [1.82, 2.24) is 10.2 Å². The van der Waals surface area contributed by atoms with Gasteiger partial charge in [-0.25, -0.2) is 8.42 Å². The first kappa shape index (κ1) is 29.9. The number of carbonyl (C=O) groups is 2. The summed E-state index contributed by atoms with van der Waals surface area (Å²) in [6.07, 6.45) is 1.77. The number of benzene rings is 3. The van der Waals surface area contributed by atoms with E-state index in [1.54, 1.807) is 43.3 Å². The van der Waals surface area contributed by atoms with E-state index < -0.39 is 28.5 Å². The predicted octanol–water partition coefficient (Wildman–Crippen LogP) is 5.14. The third kappa shape index (κ3) is 7.47. The van der Waals surface area contributed by atoms with Crippen molar-refractivity contribution in [3.8, 4) is 0 Å². The molecule has 0 aliphatic heterocycles. The van der Waals surface area contributed by atoms with Crippen LogP contribution in [0.5, 0.6) is 0 Å². The van der Waals surface area contributed by atoms with E-state index in [1.807, 2.05) is 64.1 Å². The molecule has 3 aromatic carbocycles. The smallest absolute Gasteiger partial charge is 0.264 e. The maximum Gasteiger partial charge on any atom is 0.264 e. The molecule has 0 spiro atoms. The second-order valence-corrected chi connectivity index (χ2v) is 11.7. The number of carbonyl (C=O) groups excluding carboxylic acids is 2. The molecule has 39 heavy (non-hydrogen) atoms. The summed E-state index contributed by atoms with van der Waals surface area (Å²) in [5.74, 6) is -0.732. The minimum Gasteiger partial charge on any atom is -0.354 e. The fourth-order valence-electron chi connectivity index (χ4n) is 4.28. The van der Waals surface area contributed by atoms with Crippen LogP contribution in [0, 0.1) is 20.8 Å². The van der Waals surface area contributed by atoms with Crippen molar-refractivity contribution >= 4 is 27.5 Å². The first-order valence-electron chi connectivity index (χ1n) is 13.3. The molecule has 0 aromatic heterocycles. The minimum atomic E-state index is -4.08. The van der Waals surface area contributed by atoms with Gasteiger partial charge in [-0.1, -0.05) is 73.5 Å². The van der Waals surface area contributed by atoms with Crippen molar-refractivity contribution < 1.29 is 18.0 Å². The SMILES string of the molecule is CCCCNC(=O)[C@H](C)N(Cc1ccccc1C)C(=O)CN(c1ccccc1C)S(=O)(=O)c1ccc(C)cc1. The molecule has 0 heterocycles. The molecule has 1 N–H and O–H groups in total. The number of unbranched alkanes of at least 4 members (excludes halogenated alkanes) is 1. The van der Waals surface area contributed by atoms with Gasteiger partial charge in [0, 0.05) is 13.1 Å². The number of aryl methyl sites for hydroxylation is 3. The van der Waals surface area contributed by atoms with Gasteiger partial charge >= 0.3 is 0 Å². The van der Waals surface area contributed by atoms with E-state index in [4.69, 9.17) is 0 Å². The molecule has 3 aromatic rings. The Hall–Kier alpha value is -3.65. The van der Waals surface area contributed by atoms with Crippen LogP contribution < -0.4 is 9.62 Å². The van der Waals surface area contributed by atoms with Gasteiger partial charge in [-0.05, 0) is 69.0 Å². The van der Waals surface area contributed by atoms with E-state index in [0.29, 0.717) is 12.2 Å². The number of nitrogens with zero attached hydrogens (tertiary/aromatic N) is 2. The fraction of sp³-hybridized carbons (Fsp3) is 0.355. The van der Waals surface area contributed by atoms with Gasteiger partial charge in [-0.3, -0.25) is 13.9 Å². The third-order valence-electron chi connectivity index (χ3n) is 6.87. The highest BCUT2D eigenvalue weighted by Gasteiger charge is 2.33. The molecular formula is C31H39N3O4S. The molecule has 0 saturated carbocycles. The van der Waals surface area contributed by atoms with Crippen molar-refractivity contribution in [3.05, 3.63) is 95.1 Å². The zero-order chi connectivity index (χ0) is 28.6. The lowest BCUT2D eigenvalue weighted by Gasteiger charge is -2.32. The van der Waals surface area contributed by atoms with E-state index in [1.165, 1.54) is 4.90 Å². The van der Waals surface area contributed by atoms with Crippen LogP contribution in [-0.2, 0) is 26.2 Å². The van der Waals surface area contributed by atoms with Crippen LogP contribution in [0.3, 0.4) is 0 Å². The summed E-state index contributed by atoms with van der Waals surface area (Å²) in [5.41, 5.74) is 3.94. The average Bonchev–Trinajstić information content (AvgIpc) is 2.91. The molecule has 0 saturated heterocycles. The number of sulfonamides is 1. The van der Waals surface area contributed by atoms with Gasteiger partial charge in [-0.2, -0.15) is 0 Å². The summed E-state index contributed by atoms with van der Waals surface area (Å²) in [6, 6.07) is 20.5. The van der Waals surface area contributed by atoms with Gasteiger partial charge in [0.05, 0.1) is 10.6 Å². The second kappa shape index (κ2) is 13.4. The number of anilines is 1. The molecule has 0 aliphatic rings. The van der Waals surface area contributed by atoms with E-state index in [0.717, 1.165) is 39.4 Å². The predicted molar refractivity (Wildman–Crippen MR) is 156 cm³/mol. The first-order valence-corrected chi connectivity index (χ1v) is 14.8. The van der Waals surface area contributed by atoms with Crippen molar-refractivity contribution in [3.63, 3.8) is 0 Å². The molecule has 0 fully saturated rings. The number of hydrogen-bond donors (Lipinski definition) is 1. The summed E-state index contributed by atoms with van der Waals surface area (Å²) in [6.45, 7) is 9.62. The summed E-state index contributed by atoms with van der Waals surface area (Å²) in [7, 11) is -4.08. The molecule has 1 atom stereocenters. The molecule has 0 unspecified atom stereocenters. The van der Waals surface area contributed by atoms with Crippen LogP contribution in [-0.4, -0.2) is 44.3 Å². The van der Waals surface area contributed by atoms with Gasteiger partial charge in [0.1, 0.15) is 12.6 Å². The van der Waals surface area contributed by atoms with Crippen LogP contribution in [0.1, 0.15) is 48.9 Å². The van der Waals surface area contributed by atoms with E-state index in [2.05, 4.69) is 5.32 Å². The highest BCUT2D eigenvalue weighted by molar-refractivity contribution is 7.92. The molecule has 2 amide bonds. The van der Waals surface area contributed by atoms with Crippen molar-refractivity contribution in [2.45, 2.75) is 64.9 Å². The highest BCUT2D eigenvalue weighted by Crippen LogP contribution is 2.27. The monoisotopic (exact) mass is 549 g/mol. The Morgan fingerprint density at radius 2 is 1.49 bits per heavy atom. The largest absolute Gasteiger partial charge is 0.354 e. The molecule has 7 nitrogen and oxygen atoms in total. The second-order valence-electron chi connectivity index (χ2n) is 9.88. The summed E-state index contributed by atoms with van der Waals surface area (Å²) >= 11 is 0. The van der Waals surface area contributed by atoms with Crippen molar-refractivity contribution in [2.75, 3.05) is 17.4 Å². The van der Waals surface area contributed by atoms with Crippen LogP contribution >= 0.6 is 0 Å². The normalized spacial score (nSPS) is 12.0. The van der Waals surface area contributed by atoms with Crippen LogP contribution in [0.4, 0.5) is 5.69 Å². The standard InChI is InChI=1S/C31H39N3O4S/c1-6-7-20-32-31(36)26(5)33(21-27-14-10-8-12-24(27)3)30(35)22-34(29-15-11-9-13-25(29)4)39(37,38)28-18-16-23(2)17-19-28/h8-19,26H,6-7,20-22H2,1-5H3,(H,32,36)/t26-/m0/s1. The van der Waals surface area contributed by atoms with Crippen molar-refractivity contribution in [2.24, 2.45) is 0 Å². The van der Waals surface area contributed by atoms with Crippen LogP contribution in [0.2, 0.25) is 0 Å². The van der Waals surface area contributed by atoms with Gasteiger partial charge in [0.15, 0.2) is 0 Å². The molecular weight excluding hydrogens is 510 g/mol. The topological polar surface area (TPSA) is 86.8 Å². The molecule has 3 rings (SSSR count). The van der Waals surface area contributed by atoms with Crippen LogP contribution in [0.15, 0.2) is 77.7 Å². The zero-order valence-corrected chi connectivity index (χ0v) is 24.3. The van der Waals surface area contributed by atoms with Gasteiger partial charge in [-0.15, -0.1) is 0 Å². The van der Waals surface area contributed by atoms with Crippen LogP contribution in [0.25, 0.3) is 0 Å². The Labute approximate surface area is 232 Å². The molecule has 0 radical (unpaired) electrons. The number of hydrogen-bond acceptors (Lipinski definition) is 4. The average molecular weight is 550 g/mol. The number of nitrogens with one attached hydrogen (secondary N) is 1. The minimum absolute atomic E-state index is 0.0972. The third-order valence-corrected chi connectivity index (χ3v) is 8.64. The Bertz CT molecular complexity index is 1390. The maximum atomic E-state index is 14.0. The summed E-state index contributed by atoms with van der Waals surface area (Å²) in [4.78, 5) is 28.6. The van der Waals surface area contributed by atoms with Gasteiger partial charge in [0.2, 0.25) is 11.8 Å². The lowest BCUT2D eigenvalue weighted by atomic mass is 10.1. The summed E-state index contributed by atoms with van der Waals surface area (Å²) < 4.78 is 29.0. The van der Waals surface area contributed by atoms with Gasteiger partial charge in [0.25, 0.3) is 10.0 Å². The molecule has 208 valence electrons. The lowest BCUT2D eigenvalue weighted by molar-refractivity contribution is -0.139. The quantitative estimate of drug-likeness (QED) is 0.317. The molecule has 0 aliphatic carbocycles. The zero-order valence-electron chi connectivity index (χ0n) is 23.5. The summed E-state index contributed by atoms with van der Waals surface area (Å²) in [5, 5.41) is 2.91. The fourth-order valence-corrected chi connectivity index (χ4v) is 5.76. The Kier molecular flexibility index (Phi) is 10.3. The van der Waals surface area contributed by atoms with E-state index >= 15 is 0 Å². The maximum absolute atomic E-state index is 14.0. The van der Waals surface area contributed by atoms with Gasteiger partial charge < -0.3 is 10.2 Å². The van der Waals surface area contributed by atoms with E-state index in [9.17, 15) is 18.0 Å². The Morgan fingerprint density at radius 3 is 2.10 bits per heavy atom. The highest BCUT2D eigenvalue weighted by atomic mass is 32.2. The Morgan fingerprint density at radius 1 is 0.872 bits per heavy atom. The Balaban J connectivity index is 2.02. The van der Waals surface area contributed by atoms with E-state index in [-0.39, 0.29) is 17.3 Å². The number of rotatable bonds is 12. The molecule has 0 bridgehead atoms. The number of para-hydroxylation sites is 1. The first-order chi connectivity index (χ1) is 18.6. The lowest BCUT2D eigenvalue weighted by Crippen LogP contribution is -2.51. The molecule has 8 heteroatoms.